The molecule has 1 N–H and O–H groups in total. The van der Waals surface area contributed by atoms with Gasteiger partial charge in [-0.3, -0.25) is 0 Å². The van der Waals surface area contributed by atoms with E-state index in [9.17, 15) is 0 Å². The third kappa shape index (κ3) is 2.68. The van der Waals surface area contributed by atoms with Gasteiger partial charge in [-0.2, -0.15) is 5.10 Å². The van der Waals surface area contributed by atoms with E-state index in [1.807, 2.05) is 23.1 Å². The maximum atomic E-state index is 4.26. The third-order valence-electron chi connectivity index (χ3n) is 4.83. The van der Waals surface area contributed by atoms with E-state index in [1.54, 1.807) is 0 Å². The van der Waals surface area contributed by atoms with Crippen molar-refractivity contribution in [2.75, 3.05) is 18.4 Å². The molecule has 2 saturated heterocycles. The molecular formula is C17H22N4. The van der Waals surface area contributed by atoms with E-state index in [0.717, 1.165) is 11.7 Å². The highest BCUT2D eigenvalue weighted by atomic mass is 15.3. The number of nitrogens with one attached hydrogen (secondary N) is 1. The smallest absolute Gasteiger partial charge is 0.0647 e. The zero-order valence-electron chi connectivity index (χ0n) is 12.3. The molecule has 2 unspecified atom stereocenters. The normalized spacial score (nSPS) is 25.7. The molecule has 3 heterocycles. The monoisotopic (exact) mass is 282 g/mol. The Kier molecular flexibility index (Phi) is 3.39. The maximum Gasteiger partial charge on any atom is 0.0647 e. The van der Waals surface area contributed by atoms with Gasteiger partial charge in [0.2, 0.25) is 0 Å². The summed E-state index contributed by atoms with van der Waals surface area (Å²) in [5.74, 6) is 0. The summed E-state index contributed by atoms with van der Waals surface area (Å²) in [6, 6.07) is 12.0. The predicted octanol–water partition coefficient (Wildman–Crippen LogP) is 2.91. The van der Waals surface area contributed by atoms with E-state index in [-0.39, 0.29) is 0 Å². The van der Waals surface area contributed by atoms with Gasteiger partial charge in [-0.1, -0.05) is 0 Å². The number of anilines is 1. The number of piperidine rings is 1. The van der Waals surface area contributed by atoms with Crippen molar-refractivity contribution in [2.24, 2.45) is 0 Å². The van der Waals surface area contributed by atoms with E-state index in [4.69, 9.17) is 0 Å². The lowest BCUT2D eigenvalue weighted by Gasteiger charge is -2.35. The molecule has 4 nitrogen and oxygen atoms in total. The third-order valence-corrected chi connectivity index (χ3v) is 4.83. The molecule has 1 aromatic heterocycles. The van der Waals surface area contributed by atoms with Gasteiger partial charge in [0.15, 0.2) is 0 Å². The predicted molar refractivity (Wildman–Crippen MR) is 84.8 cm³/mol. The van der Waals surface area contributed by atoms with Gasteiger partial charge in [0, 0.05) is 36.7 Å². The Morgan fingerprint density at radius 3 is 2.81 bits per heavy atom. The molecule has 1 aromatic carbocycles. The fraction of sp³-hybridized carbons (Fsp3) is 0.471. The first-order valence-corrected chi connectivity index (χ1v) is 7.99. The van der Waals surface area contributed by atoms with Gasteiger partial charge < -0.3 is 10.2 Å². The van der Waals surface area contributed by atoms with Gasteiger partial charge in [0.05, 0.1) is 5.69 Å². The van der Waals surface area contributed by atoms with Crippen LogP contribution in [-0.2, 0) is 0 Å². The van der Waals surface area contributed by atoms with Gasteiger partial charge in [0.1, 0.15) is 0 Å². The molecule has 4 rings (SSSR count). The summed E-state index contributed by atoms with van der Waals surface area (Å²) in [4.78, 5) is 2.67. The van der Waals surface area contributed by atoms with Crippen molar-refractivity contribution >= 4 is 5.69 Å². The van der Waals surface area contributed by atoms with Crippen LogP contribution in [0, 0.1) is 0 Å². The van der Waals surface area contributed by atoms with Crippen LogP contribution in [0.5, 0.6) is 0 Å². The summed E-state index contributed by atoms with van der Waals surface area (Å²) in [5.41, 5.74) is 2.33. The van der Waals surface area contributed by atoms with Crippen molar-refractivity contribution in [3.63, 3.8) is 0 Å². The fourth-order valence-electron chi connectivity index (χ4n) is 3.72. The van der Waals surface area contributed by atoms with Crippen molar-refractivity contribution in [3.05, 3.63) is 42.7 Å². The molecule has 2 fully saturated rings. The second-order valence-electron chi connectivity index (χ2n) is 6.20. The van der Waals surface area contributed by atoms with Crippen LogP contribution in [0.1, 0.15) is 25.7 Å². The van der Waals surface area contributed by atoms with E-state index in [2.05, 4.69) is 39.6 Å². The van der Waals surface area contributed by atoms with E-state index in [1.165, 1.54) is 44.5 Å². The minimum atomic E-state index is 0.625. The number of nitrogens with zero attached hydrogens (tertiary/aromatic N) is 3. The van der Waals surface area contributed by atoms with E-state index < -0.39 is 0 Å². The lowest BCUT2D eigenvalue weighted by molar-refractivity contribution is 0.188. The Morgan fingerprint density at radius 2 is 2.00 bits per heavy atom. The number of fused-ring (bicyclic) bond motifs is 1. The SMILES string of the molecule is c1cnn(-c2ccc(NC3CCN4CCCC4C3)cc2)c1. The molecule has 0 radical (unpaired) electrons. The van der Waals surface area contributed by atoms with Crippen LogP contribution >= 0.6 is 0 Å². The van der Waals surface area contributed by atoms with Crippen LogP contribution in [0.3, 0.4) is 0 Å². The number of hydrogen-bond acceptors (Lipinski definition) is 3. The zero-order chi connectivity index (χ0) is 14.1. The highest BCUT2D eigenvalue weighted by molar-refractivity contribution is 5.49. The first-order chi connectivity index (χ1) is 10.4. The number of rotatable bonds is 3. The molecule has 21 heavy (non-hydrogen) atoms. The molecule has 2 aromatic rings. The van der Waals surface area contributed by atoms with Crippen LogP contribution in [0.25, 0.3) is 5.69 Å². The quantitative estimate of drug-likeness (QED) is 0.939. The molecular weight excluding hydrogens is 260 g/mol. The highest BCUT2D eigenvalue weighted by Gasteiger charge is 2.31. The molecule has 0 amide bonds. The average molecular weight is 282 g/mol. The molecule has 2 atom stereocenters. The first-order valence-electron chi connectivity index (χ1n) is 7.99. The molecule has 110 valence electrons. The Bertz CT molecular complexity index is 575. The molecule has 4 heteroatoms. The van der Waals surface area contributed by atoms with Gasteiger partial charge in [-0.15, -0.1) is 0 Å². The Labute approximate surface area is 125 Å². The molecule has 0 bridgehead atoms. The topological polar surface area (TPSA) is 33.1 Å². The second-order valence-corrected chi connectivity index (χ2v) is 6.20. The summed E-state index contributed by atoms with van der Waals surface area (Å²) < 4.78 is 1.89. The van der Waals surface area contributed by atoms with Crippen LogP contribution in [0.4, 0.5) is 5.69 Å². The minimum absolute atomic E-state index is 0.625. The molecule has 2 aliphatic rings. The number of benzene rings is 1. The minimum Gasteiger partial charge on any atom is -0.382 e. The van der Waals surface area contributed by atoms with Crippen molar-refractivity contribution in [2.45, 2.75) is 37.8 Å². The molecule has 0 spiro atoms. The van der Waals surface area contributed by atoms with Gasteiger partial charge >= 0.3 is 0 Å². The summed E-state index contributed by atoms with van der Waals surface area (Å²) >= 11 is 0. The van der Waals surface area contributed by atoms with E-state index >= 15 is 0 Å². The van der Waals surface area contributed by atoms with Crippen molar-refractivity contribution in [1.82, 2.24) is 14.7 Å². The van der Waals surface area contributed by atoms with Crippen LogP contribution < -0.4 is 5.32 Å². The lowest BCUT2D eigenvalue weighted by atomic mass is 9.97. The van der Waals surface area contributed by atoms with Crippen LogP contribution in [-0.4, -0.2) is 39.9 Å². The maximum absolute atomic E-state index is 4.26. The molecule has 0 saturated carbocycles. The highest BCUT2D eigenvalue weighted by Crippen LogP contribution is 2.28. The first kappa shape index (κ1) is 12.9. The lowest BCUT2D eigenvalue weighted by Crippen LogP contribution is -2.42. The van der Waals surface area contributed by atoms with E-state index in [0.29, 0.717) is 6.04 Å². The second kappa shape index (κ2) is 5.53. The summed E-state index contributed by atoms with van der Waals surface area (Å²) in [7, 11) is 0. The Balaban J connectivity index is 1.41. The summed E-state index contributed by atoms with van der Waals surface area (Å²) in [6.45, 7) is 2.57. The van der Waals surface area contributed by atoms with Gasteiger partial charge in [-0.05, 0) is 62.6 Å². The Morgan fingerprint density at radius 1 is 1.10 bits per heavy atom. The van der Waals surface area contributed by atoms with Crippen molar-refractivity contribution < 1.29 is 0 Å². The van der Waals surface area contributed by atoms with Gasteiger partial charge in [0.25, 0.3) is 0 Å². The molecule has 2 aliphatic heterocycles. The largest absolute Gasteiger partial charge is 0.382 e. The standard InChI is InChI=1S/C17H22N4/c1-3-17-13-15(8-12-20(17)10-1)19-14-4-6-16(7-5-14)21-11-2-9-18-21/h2,4-7,9,11,15,17,19H,1,3,8,10,12-13H2. The van der Waals surface area contributed by atoms with Crippen molar-refractivity contribution in [1.29, 1.82) is 0 Å². The summed E-state index contributed by atoms with van der Waals surface area (Å²) in [6.07, 6.45) is 9.10. The number of hydrogen-bond donors (Lipinski definition) is 1. The fourth-order valence-corrected chi connectivity index (χ4v) is 3.72. The van der Waals surface area contributed by atoms with Crippen LogP contribution in [0.2, 0.25) is 0 Å². The van der Waals surface area contributed by atoms with Crippen molar-refractivity contribution in [3.8, 4) is 5.69 Å². The summed E-state index contributed by atoms with van der Waals surface area (Å²) in [5, 5.41) is 7.97. The van der Waals surface area contributed by atoms with Crippen LogP contribution in [0.15, 0.2) is 42.7 Å². The molecule has 0 aliphatic carbocycles. The number of aromatic nitrogens is 2. The Hall–Kier alpha value is -1.81. The average Bonchev–Trinajstić information content (AvgIpc) is 3.19. The zero-order valence-corrected chi connectivity index (χ0v) is 12.3. The van der Waals surface area contributed by atoms with Gasteiger partial charge in [-0.25, -0.2) is 4.68 Å².